The van der Waals surface area contributed by atoms with E-state index in [2.05, 4.69) is 155 Å². The molecule has 0 aliphatic carbocycles. The van der Waals surface area contributed by atoms with Crippen LogP contribution in [0.1, 0.15) is 0 Å². The predicted molar refractivity (Wildman–Crippen MR) is 207 cm³/mol. The molecule has 0 fully saturated rings. The molecule has 0 radical (unpaired) electrons. The second kappa shape index (κ2) is 10.7. The van der Waals surface area contributed by atoms with E-state index in [0.29, 0.717) is 17.7 Å². The lowest BCUT2D eigenvalue weighted by Crippen LogP contribution is -2.10. The molecule has 0 aliphatic rings. The van der Waals surface area contributed by atoms with Gasteiger partial charge in [-0.15, -0.1) is 0 Å². The summed E-state index contributed by atoms with van der Waals surface area (Å²) in [5.74, 6) is 1.70. The molecule has 0 N–H and O–H groups in total. The number of hydrogen-bond acceptors (Lipinski definition) is 4. The van der Waals surface area contributed by atoms with Gasteiger partial charge in [-0.25, -0.2) is 0 Å². The number of hydrogen-bond donors (Lipinski definition) is 0. The molecule has 0 saturated heterocycles. The number of fused-ring (bicyclic) bond motifs is 9. The van der Waals surface area contributed by atoms with Gasteiger partial charge in [-0.3, -0.25) is 9.13 Å². The van der Waals surface area contributed by atoms with E-state index in [1.807, 2.05) is 18.2 Å². The van der Waals surface area contributed by atoms with Crippen molar-refractivity contribution in [1.29, 1.82) is 0 Å². The van der Waals surface area contributed by atoms with Gasteiger partial charge in [0.1, 0.15) is 11.2 Å². The van der Waals surface area contributed by atoms with E-state index in [9.17, 15) is 0 Å². The van der Waals surface area contributed by atoms with Crippen LogP contribution in [0.3, 0.4) is 0 Å². The van der Waals surface area contributed by atoms with Crippen LogP contribution < -0.4 is 0 Å². The van der Waals surface area contributed by atoms with Gasteiger partial charge >= 0.3 is 0 Å². The minimum absolute atomic E-state index is 0.558. The smallest absolute Gasteiger partial charge is 0.240 e. The Morgan fingerprint density at radius 3 is 1.39 bits per heavy atom. The van der Waals surface area contributed by atoms with Gasteiger partial charge < -0.3 is 4.42 Å². The zero-order chi connectivity index (χ0) is 33.5. The third kappa shape index (κ3) is 4.14. The summed E-state index contributed by atoms with van der Waals surface area (Å²) in [5.41, 5.74) is 8.94. The molecule has 0 saturated carbocycles. The zero-order valence-electron chi connectivity index (χ0n) is 27.2. The summed E-state index contributed by atoms with van der Waals surface area (Å²) in [6.45, 7) is 0. The minimum atomic E-state index is 0.558. The normalized spacial score (nSPS) is 11.9. The molecule has 6 heteroatoms. The second-order valence-corrected chi connectivity index (χ2v) is 12.9. The highest BCUT2D eigenvalue weighted by Crippen LogP contribution is 2.38. The Kier molecular flexibility index (Phi) is 5.86. The first-order chi connectivity index (χ1) is 25.3. The van der Waals surface area contributed by atoms with Crippen molar-refractivity contribution in [2.24, 2.45) is 0 Å². The second-order valence-electron chi connectivity index (χ2n) is 12.9. The topological polar surface area (TPSA) is 61.7 Å². The largest absolute Gasteiger partial charge is 0.456 e. The van der Waals surface area contributed by atoms with E-state index in [-0.39, 0.29) is 0 Å². The van der Waals surface area contributed by atoms with Crippen LogP contribution in [0.2, 0.25) is 0 Å². The van der Waals surface area contributed by atoms with E-state index in [1.165, 1.54) is 0 Å². The monoisotopic (exact) mass is 653 g/mol. The Morgan fingerprint density at radius 1 is 0.373 bits per heavy atom. The van der Waals surface area contributed by atoms with Crippen molar-refractivity contribution >= 4 is 65.6 Å². The van der Waals surface area contributed by atoms with E-state index in [4.69, 9.17) is 19.4 Å². The number of benzene rings is 7. The maximum atomic E-state index is 6.25. The van der Waals surface area contributed by atoms with Gasteiger partial charge in [0.15, 0.2) is 5.82 Å². The number of furan rings is 1. The summed E-state index contributed by atoms with van der Waals surface area (Å²) in [7, 11) is 0. The van der Waals surface area contributed by atoms with Gasteiger partial charge in [0.2, 0.25) is 11.9 Å². The van der Waals surface area contributed by atoms with Crippen molar-refractivity contribution in [3.63, 3.8) is 0 Å². The highest BCUT2D eigenvalue weighted by atomic mass is 16.3. The maximum absolute atomic E-state index is 6.25. The SMILES string of the molecule is c1cc(-c2nc(-n3c4ccccc4c4ccccc43)nc(-n3c4ccccc4c4ccccc43)n2)cc(-c2cccc3oc4ccccc4c23)c1. The van der Waals surface area contributed by atoms with Crippen LogP contribution in [0.5, 0.6) is 0 Å². The first-order valence-electron chi connectivity index (χ1n) is 17.0. The molecule has 0 spiro atoms. The first-order valence-corrected chi connectivity index (χ1v) is 17.0. The molecule has 0 bridgehead atoms. The van der Waals surface area contributed by atoms with Crippen molar-refractivity contribution in [2.75, 3.05) is 0 Å². The third-order valence-electron chi connectivity index (χ3n) is 10.0. The summed E-state index contributed by atoms with van der Waals surface area (Å²) < 4.78 is 10.6. The van der Waals surface area contributed by atoms with Gasteiger partial charge in [-0.2, -0.15) is 15.0 Å². The number of para-hydroxylation sites is 5. The van der Waals surface area contributed by atoms with Crippen LogP contribution in [0.4, 0.5) is 0 Å². The first kappa shape index (κ1) is 27.9. The number of nitrogens with zero attached hydrogens (tertiary/aromatic N) is 5. The van der Waals surface area contributed by atoms with E-state index < -0.39 is 0 Å². The van der Waals surface area contributed by atoms with E-state index in [0.717, 1.165) is 82.2 Å². The maximum Gasteiger partial charge on any atom is 0.240 e. The molecule has 11 aromatic rings. The Balaban J connectivity index is 1.20. The Morgan fingerprint density at radius 2 is 0.824 bits per heavy atom. The molecule has 0 aliphatic heterocycles. The highest BCUT2D eigenvalue weighted by molar-refractivity contribution is 6.13. The highest BCUT2D eigenvalue weighted by Gasteiger charge is 2.21. The molecule has 7 aromatic carbocycles. The van der Waals surface area contributed by atoms with Crippen LogP contribution >= 0.6 is 0 Å². The van der Waals surface area contributed by atoms with Crippen molar-refractivity contribution in [1.82, 2.24) is 24.1 Å². The Bertz CT molecular complexity index is 2930. The third-order valence-corrected chi connectivity index (χ3v) is 10.0. The fourth-order valence-corrected chi connectivity index (χ4v) is 7.80. The molecule has 51 heavy (non-hydrogen) atoms. The van der Waals surface area contributed by atoms with Crippen LogP contribution in [-0.2, 0) is 0 Å². The lowest BCUT2D eigenvalue weighted by atomic mass is 9.98. The summed E-state index contributed by atoms with van der Waals surface area (Å²) in [5, 5.41) is 6.78. The van der Waals surface area contributed by atoms with Crippen LogP contribution in [0.15, 0.2) is 168 Å². The lowest BCUT2D eigenvalue weighted by Gasteiger charge is -2.13. The summed E-state index contributed by atoms with van der Waals surface area (Å²) in [4.78, 5) is 15.8. The van der Waals surface area contributed by atoms with Crippen LogP contribution in [0.25, 0.3) is 100.0 Å². The molecule has 0 amide bonds. The Hall–Kier alpha value is -7.05. The van der Waals surface area contributed by atoms with Gasteiger partial charge in [0.05, 0.1) is 22.1 Å². The molecule has 11 rings (SSSR count). The number of aromatic nitrogens is 5. The van der Waals surface area contributed by atoms with E-state index in [1.54, 1.807) is 0 Å². The van der Waals surface area contributed by atoms with Crippen molar-refractivity contribution in [3.8, 4) is 34.4 Å². The van der Waals surface area contributed by atoms with Gasteiger partial charge in [-0.05, 0) is 53.6 Å². The summed E-state index contributed by atoms with van der Waals surface area (Å²) in [6.07, 6.45) is 0. The molecule has 6 nitrogen and oxygen atoms in total. The fourth-order valence-electron chi connectivity index (χ4n) is 7.80. The quantitative estimate of drug-likeness (QED) is 0.190. The number of rotatable bonds is 4. The standard InChI is InChI=1S/C45H27N5O/c1-6-21-36-31(15-1)32-16-2-7-22-37(32)49(36)44-46-43(47-45(48-44)50-38-23-8-3-17-33(38)34-18-4-9-24-39(34)50)29-14-11-13-28(27-29)30-20-12-26-41-42(30)35-19-5-10-25-40(35)51-41/h1-27H. The molecule has 238 valence electrons. The van der Waals surface area contributed by atoms with Gasteiger partial charge in [0, 0.05) is 37.9 Å². The average molecular weight is 654 g/mol. The molecule has 0 unspecified atom stereocenters. The van der Waals surface area contributed by atoms with Crippen molar-refractivity contribution in [2.45, 2.75) is 0 Å². The van der Waals surface area contributed by atoms with Gasteiger partial charge in [-0.1, -0.05) is 121 Å². The lowest BCUT2D eigenvalue weighted by molar-refractivity contribution is 0.669. The summed E-state index contributed by atoms with van der Waals surface area (Å²) in [6, 6.07) is 56.7. The van der Waals surface area contributed by atoms with Crippen LogP contribution in [-0.4, -0.2) is 24.1 Å². The van der Waals surface area contributed by atoms with Crippen molar-refractivity contribution in [3.05, 3.63) is 164 Å². The van der Waals surface area contributed by atoms with Crippen molar-refractivity contribution < 1.29 is 4.42 Å². The summed E-state index contributed by atoms with van der Waals surface area (Å²) >= 11 is 0. The van der Waals surface area contributed by atoms with E-state index >= 15 is 0 Å². The molecular formula is C45H27N5O. The minimum Gasteiger partial charge on any atom is -0.456 e. The predicted octanol–water partition coefficient (Wildman–Crippen LogP) is 11.3. The average Bonchev–Trinajstić information content (AvgIpc) is 3.86. The fraction of sp³-hybridized carbons (Fsp3) is 0. The molecule has 0 atom stereocenters. The van der Waals surface area contributed by atoms with Crippen LogP contribution in [0, 0.1) is 0 Å². The molecule has 4 heterocycles. The van der Waals surface area contributed by atoms with Gasteiger partial charge in [0.25, 0.3) is 0 Å². The zero-order valence-corrected chi connectivity index (χ0v) is 27.2. The molecule has 4 aromatic heterocycles. The molecular weight excluding hydrogens is 627 g/mol. The Labute approximate surface area is 291 Å².